The predicted octanol–water partition coefficient (Wildman–Crippen LogP) is 3.62. The average molecular weight is 293 g/mol. The van der Waals surface area contributed by atoms with Crippen LogP contribution in [-0.2, 0) is 16.0 Å². The van der Waals surface area contributed by atoms with Gasteiger partial charge in [0.25, 0.3) is 0 Å². The van der Waals surface area contributed by atoms with Gasteiger partial charge in [-0.2, -0.15) is 4.99 Å². The molecule has 0 spiro atoms. The highest BCUT2D eigenvalue weighted by Crippen LogP contribution is 2.51. The van der Waals surface area contributed by atoms with Crippen LogP contribution in [0.3, 0.4) is 0 Å². The summed E-state index contributed by atoms with van der Waals surface area (Å²) in [6.45, 7) is 2.96. The van der Waals surface area contributed by atoms with Crippen LogP contribution in [0.15, 0.2) is 17.1 Å². The van der Waals surface area contributed by atoms with Gasteiger partial charge in [0, 0.05) is 5.56 Å². The Morgan fingerprint density at radius 3 is 2.33 bits per heavy atom. The number of carbonyl (C=O) groups excluding carboxylic acids is 1. The Kier molecular flexibility index (Phi) is 4.06. The van der Waals surface area contributed by atoms with E-state index in [9.17, 15) is 9.18 Å². The van der Waals surface area contributed by atoms with Gasteiger partial charge in [0.1, 0.15) is 11.2 Å². The van der Waals surface area contributed by atoms with E-state index in [1.807, 2.05) is 0 Å². The predicted molar refractivity (Wildman–Crippen MR) is 77.3 cm³/mol. The Morgan fingerprint density at radius 1 is 1.29 bits per heavy atom. The Hall–Kier alpha value is -1.87. The van der Waals surface area contributed by atoms with Gasteiger partial charge in [0.15, 0.2) is 11.5 Å². The van der Waals surface area contributed by atoms with E-state index in [1.54, 1.807) is 18.2 Å². The zero-order valence-corrected chi connectivity index (χ0v) is 12.8. The number of hydrogen-bond acceptors (Lipinski definition) is 4. The molecule has 0 N–H and O–H groups in total. The number of hydrogen-bond donors (Lipinski definition) is 0. The Morgan fingerprint density at radius 2 is 1.95 bits per heavy atom. The van der Waals surface area contributed by atoms with Gasteiger partial charge in [0.2, 0.25) is 6.08 Å². The summed E-state index contributed by atoms with van der Waals surface area (Å²) in [5.41, 5.74) is -1.02. The van der Waals surface area contributed by atoms with Crippen LogP contribution >= 0.6 is 0 Å². The summed E-state index contributed by atoms with van der Waals surface area (Å²) < 4.78 is 25.1. The van der Waals surface area contributed by atoms with Crippen molar-refractivity contribution in [3.8, 4) is 11.5 Å². The van der Waals surface area contributed by atoms with Crippen LogP contribution in [0, 0.1) is 0 Å². The summed E-state index contributed by atoms with van der Waals surface area (Å²) in [7, 11) is 3.03. The molecule has 1 aliphatic carbocycles. The van der Waals surface area contributed by atoms with Crippen molar-refractivity contribution in [3.05, 3.63) is 23.3 Å². The SMILES string of the molecule is COc1cc(C(C)(C)F)cc(C2(N=C=O)CCC2)c1OC. The highest BCUT2D eigenvalue weighted by molar-refractivity contribution is 5.55. The molecule has 0 radical (unpaired) electrons. The van der Waals surface area contributed by atoms with Crippen molar-refractivity contribution in [1.29, 1.82) is 0 Å². The van der Waals surface area contributed by atoms with Crippen molar-refractivity contribution < 1.29 is 18.7 Å². The van der Waals surface area contributed by atoms with Crippen molar-refractivity contribution in [2.75, 3.05) is 14.2 Å². The van der Waals surface area contributed by atoms with E-state index in [0.29, 0.717) is 22.6 Å². The first-order valence-electron chi connectivity index (χ1n) is 6.93. The minimum Gasteiger partial charge on any atom is -0.493 e. The molecule has 0 aliphatic heterocycles. The standard InChI is InChI=1S/C16H20FNO3/c1-15(2,17)11-8-12(14(21-4)13(9-11)20-3)16(18-10-19)6-5-7-16/h8-9H,5-7H2,1-4H3. The van der Waals surface area contributed by atoms with E-state index in [1.165, 1.54) is 28.1 Å². The molecule has 1 aliphatic rings. The molecule has 0 unspecified atom stereocenters. The molecule has 0 saturated heterocycles. The van der Waals surface area contributed by atoms with E-state index in [4.69, 9.17) is 9.47 Å². The first-order valence-corrected chi connectivity index (χ1v) is 6.93. The number of nitrogens with zero attached hydrogens (tertiary/aromatic N) is 1. The molecule has 4 nitrogen and oxygen atoms in total. The van der Waals surface area contributed by atoms with E-state index in [0.717, 1.165) is 19.3 Å². The summed E-state index contributed by atoms with van der Waals surface area (Å²) in [6.07, 6.45) is 4.04. The third-order valence-corrected chi connectivity index (χ3v) is 4.11. The van der Waals surface area contributed by atoms with Crippen LogP contribution in [0.25, 0.3) is 0 Å². The van der Waals surface area contributed by atoms with Crippen molar-refractivity contribution in [2.45, 2.75) is 44.3 Å². The third-order valence-electron chi connectivity index (χ3n) is 4.11. The van der Waals surface area contributed by atoms with E-state index in [2.05, 4.69) is 4.99 Å². The molecular formula is C16H20FNO3. The fraction of sp³-hybridized carbons (Fsp3) is 0.562. The smallest absolute Gasteiger partial charge is 0.235 e. The minimum absolute atomic E-state index is 0.447. The highest BCUT2D eigenvalue weighted by Gasteiger charge is 2.43. The Balaban J connectivity index is 2.70. The number of aliphatic imine (C=N–C) groups is 1. The molecule has 1 saturated carbocycles. The van der Waals surface area contributed by atoms with E-state index >= 15 is 0 Å². The number of isocyanates is 1. The van der Waals surface area contributed by atoms with Crippen molar-refractivity contribution in [3.63, 3.8) is 0 Å². The van der Waals surface area contributed by atoms with Crippen LogP contribution < -0.4 is 9.47 Å². The maximum atomic E-state index is 14.3. The maximum absolute atomic E-state index is 14.3. The van der Waals surface area contributed by atoms with Gasteiger partial charge in [-0.3, -0.25) is 0 Å². The van der Waals surface area contributed by atoms with Crippen LogP contribution in [0.5, 0.6) is 11.5 Å². The van der Waals surface area contributed by atoms with Crippen LogP contribution in [0.2, 0.25) is 0 Å². The number of benzene rings is 1. The molecule has 114 valence electrons. The van der Waals surface area contributed by atoms with E-state index < -0.39 is 11.2 Å². The lowest BCUT2D eigenvalue weighted by molar-refractivity contribution is 0.215. The number of rotatable bonds is 5. The zero-order valence-electron chi connectivity index (χ0n) is 12.8. The van der Waals surface area contributed by atoms with Crippen LogP contribution in [0.1, 0.15) is 44.2 Å². The lowest BCUT2D eigenvalue weighted by Crippen LogP contribution is -2.33. The summed E-state index contributed by atoms with van der Waals surface area (Å²) in [5, 5.41) is 0. The molecule has 1 aromatic carbocycles. The second-order valence-electron chi connectivity index (χ2n) is 5.82. The summed E-state index contributed by atoms with van der Waals surface area (Å²) in [5.74, 6) is 0.951. The molecule has 1 fully saturated rings. The van der Waals surface area contributed by atoms with Gasteiger partial charge >= 0.3 is 0 Å². The van der Waals surface area contributed by atoms with Crippen LogP contribution in [-0.4, -0.2) is 20.3 Å². The first-order chi connectivity index (χ1) is 9.88. The third kappa shape index (κ3) is 2.66. The molecule has 1 aromatic rings. The summed E-state index contributed by atoms with van der Waals surface area (Å²) in [4.78, 5) is 14.8. The van der Waals surface area contributed by atoms with Gasteiger partial charge in [-0.25, -0.2) is 9.18 Å². The minimum atomic E-state index is -1.52. The molecule has 5 heteroatoms. The number of halogens is 1. The van der Waals surface area contributed by atoms with Gasteiger partial charge in [-0.15, -0.1) is 0 Å². The normalized spacial score (nSPS) is 16.6. The largest absolute Gasteiger partial charge is 0.493 e. The quantitative estimate of drug-likeness (QED) is 0.615. The summed E-state index contributed by atoms with van der Waals surface area (Å²) >= 11 is 0. The fourth-order valence-electron chi connectivity index (χ4n) is 2.69. The molecule has 0 bridgehead atoms. The van der Waals surface area contributed by atoms with Gasteiger partial charge < -0.3 is 9.47 Å². The number of ether oxygens (including phenoxy) is 2. The second kappa shape index (κ2) is 5.49. The molecule has 0 amide bonds. The molecule has 0 atom stereocenters. The van der Waals surface area contributed by atoms with Crippen LogP contribution in [0.4, 0.5) is 4.39 Å². The number of methoxy groups -OCH3 is 2. The lowest BCUT2D eigenvalue weighted by Gasteiger charge is -2.38. The number of alkyl halides is 1. The van der Waals surface area contributed by atoms with Gasteiger partial charge in [-0.05, 0) is 50.8 Å². The van der Waals surface area contributed by atoms with E-state index in [-0.39, 0.29) is 0 Å². The first kappa shape index (κ1) is 15.5. The lowest BCUT2D eigenvalue weighted by atomic mass is 9.71. The van der Waals surface area contributed by atoms with Crippen molar-refractivity contribution >= 4 is 6.08 Å². The monoisotopic (exact) mass is 293 g/mol. The molecule has 0 heterocycles. The fourth-order valence-corrected chi connectivity index (χ4v) is 2.69. The molecule has 21 heavy (non-hydrogen) atoms. The Labute approximate surface area is 124 Å². The molecule has 2 rings (SSSR count). The molecule has 0 aromatic heterocycles. The second-order valence-corrected chi connectivity index (χ2v) is 5.82. The summed E-state index contributed by atoms with van der Waals surface area (Å²) in [6, 6.07) is 3.35. The average Bonchev–Trinajstić information content (AvgIpc) is 2.40. The van der Waals surface area contributed by atoms with Crippen molar-refractivity contribution in [1.82, 2.24) is 0 Å². The van der Waals surface area contributed by atoms with Crippen molar-refractivity contribution in [2.24, 2.45) is 4.99 Å². The Bertz CT molecular complexity index is 582. The topological polar surface area (TPSA) is 47.9 Å². The zero-order chi connectivity index (χ0) is 15.7. The van der Waals surface area contributed by atoms with Gasteiger partial charge in [0.05, 0.1) is 14.2 Å². The maximum Gasteiger partial charge on any atom is 0.235 e. The highest BCUT2D eigenvalue weighted by atomic mass is 19.1. The molecular weight excluding hydrogens is 273 g/mol. The van der Waals surface area contributed by atoms with Gasteiger partial charge in [-0.1, -0.05) is 0 Å².